The van der Waals surface area contributed by atoms with Gasteiger partial charge in [-0.15, -0.1) is 0 Å². The van der Waals surface area contributed by atoms with E-state index >= 15 is 0 Å². The molecule has 1 aliphatic rings. The Balaban J connectivity index is 1.84. The number of nitrogens with zero attached hydrogens (tertiary/aromatic N) is 1. The lowest BCUT2D eigenvalue weighted by Crippen LogP contribution is -2.41. The molecule has 0 saturated carbocycles. The maximum absolute atomic E-state index is 11.0. The fourth-order valence-corrected chi connectivity index (χ4v) is 2.30. The smallest absolute Gasteiger partial charge is 0.314 e. The van der Waals surface area contributed by atoms with Gasteiger partial charge < -0.3 is 10.6 Å². The maximum atomic E-state index is 11.0. The van der Waals surface area contributed by atoms with E-state index in [1.165, 1.54) is 5.56 Å². The summed E-state index contributed by atoms with van der Waals surface area (Å²) in [6.07, 6.45) is 3.25. The Morgan fingerprint density at radius 3 is 2.44 bits per heavy atom. The van der Waals surface area contributed by atoms with Crippen LogP contribution in [0.15, 0.2) is 30.3 Å². The van der Waals surface area contributed by atoms with Crippen molar-refractivity contribution < 1.29 is 4.79 Å². The van der Waals surface area contributed by atoms with Crippen LogP contribution in [0.3, 0.4) is 0 Å². The van der Waals surface area contributed by atoms with Crippen molar-refractivity contribution in [1.82, 2.24) is 4.90 Å². The van der Waals surface area contributed by atoms with Gasteiger partial charge in [-0.05, 0) is 30.7 Å². The molecule has 16 heavy (non-hydrogen) atoms. The number of hydrogen-bond donors (Lipinski definition) is 1. The summed E-state index contributed by atoms with van der Waals surface area (Å²) >= 11 is 0. The molecule has 1 saturated heterocycles. The van der Waals surface area contributed by atoms with Crippen LogP contribution < -0.4 is 5.73 Å². The number of urea groups is 1. The molecule has 3 heteroatoms. The molecule has 0 radical (unpaired) electrons. The van der Waals surface area contributed by atoms with Crippen molar-refractivity contribution in [3.8, 4) is 0 Å². The molecule has 3 nitrogen and oxygen atoms in total. The average molecular weight is 218 g/mol. The molecule has 1 aliphatic heterocycles. The number of carbonyl (C=O) groups is 1. The molecule has 1 fully saturated rings. The Kier molecular flexibility index (Phi) is 3.44. The fraction of sp³-hybridized carbons (Fsp3) is 0.462. The van der Waals surface area contributed by atoms with Gasteiger partial charge in [-0.2, -0.15) is 0 Å². The minimum Gasteiger partial charge on any atom is -0.351 e. The van der Waals surface area contributed by atoms with Gasteiger partial charge in [0.2, 0.25) is 0 Å². The quantitative estimate of drug-likeness (QED) is 0.811. The zero-order valence-corrected chi connectivity index (χ0v) is 9.43. The molecule has 1 aromatic carbocycles. The highest BCUT2D eigenvalue weighted by molar-refractivity contribution is 5.72. The third-order valence-corrected chi connectivity index (χ3v) is 3.29. The van der Waals surface area contributed by atoms with E-state index in [1.807, 2.05) is 6.07 Å². The third-order valence-electron chi connectivity index (χ3n) is 3.29. The molecule has 0 spiro atoms. The molecule has 2 N–H and O–H groups in total. The van der Waals surface area contributed by atoms with Crippen LogP contribution in [0.1, 0.15) is 18.4 Å². The van der Waals surface area contributed by atoms with Crippen LogP contribution in [0.4, 0.5) is 4.79 Å². The summed E-state index contributed by atoms with van der Waals surface area (Å²) in [5.41, 5.74) is 6.64. The van der Waals surface area contributed by atoms with Gasteiger partial charge in [0.15, 0.2) is 0 Å². The second-order valence-electron chi connectivity index (χ2n) is 4.46. The van der Waals surface area contributed by atoms with Gasteiger partial charge in [-0.25, -0.2) is 4.79 Å². The number of primary amides is 1. The Bertz CT molecular complexity index is 342. The predicted octanol–water partition coefficient (Wildman–Crippen LogP) is 2.02. The molecule has 0 atom stereocenters. The number of hydrogen-bond acceptors (Lipinski definition) is 1. The van der Waals surface area contributed by atoms with Crippen molar-refractivity contribution in [3.63, 3.8) is 0 Å². The van der Waals surface area contributed by atoms with Gasteiger partial charge in [0, 0.05) is 13.1 Å². The molecular formula is C13H18N2O. The van der Waals surface area contributed by atoms with E-state index in [9.17, 15) is 4.79 Å². The van der Waals surface area contributed by atoms with Gasteiger partial charge in [0.05, 0.1) is 0 Å². The summed E-state index contributed by atoms with van der Waals surface area (Å²) in [4.78, 5) is 12.7. The number of piperidine rings is 1. The lowest BCUT2D eigenvalue weighted by molar-refractivity contribution is 0.179. The number of carbonyl (C=O) groups excluding carboxylic acids is 1. The highest BCUT2D eigenvalue weighted by atomic mass is 16.2. The summed E-state index contributed by atoms with van der Waals surface area (Å²) in [5, 5.41) is 0. The number of nitrogens with two attached hydrogens (primary N) is 1. The van der Waals surface area contributed by atoms with Gasteiger partial charge in [0.25, 0.3) is 0 Å². The monoisotopic (exact) mass is 218 g/mol. The fourth-order valence-electron chi connectivity index (χ4n) is 2.30. The van der Waals surface area contributed by atoms with Crippen molar-refractivity contribution >= 4 is 6.03 Å². The largest absolute Gasteiger partial charge is 0.351 e. The molecule has 0 aliphatic carbocycles. The number of amides is 2. The lowest BCUT2D eigenvalue weighted by atomic mass is 9.90. The second-order valence-corrected chi connectivity index (χ2v) is 4.46. The second kappa shape index (κ2) is 5.01. The highest BCUT2D eigenvalue weighted by Gasteiger charge is 2.20. The first-order valence-corrected chi connectivity index (χ1v) is 5.84. The van der Waals surface area contributed by atoms with Crippen LogP contribution >= 0.6 is 0 Å². The van der Waals surface area contributed by atoms with Crippen LogP contribution in [0.2, 0.25) is 0 Å². The zero-order chi connectivity index (χ0) is 11.4. The van der Waals surface area contributed by atoms with Crippen LogP contribution in [0, 0.1) is 5.92 Å². The summed E-state index contributed by atoms with van der Waals surface area (Å²) in [6, 6.07) is 10.3. The van der Waals surface area contributed by atoms with Crippen molar-refractivity contribution in [1.29, 1.82) is 0 Å². The summed E-state index contributed by atoms with van der Waals surface area (Å²) in [7, 11) is 0. The summed E-state index contributed by atoms with van der Waals surface area (Å²) < 4.78 is 0. The third kappa shape index (κ3) is 2.75. The van der Waals surface area contributed by atoms with Crippen molar-refractivity contribution in [2.24, 2.45) is 11.7 Å². The molecular weight excluding hydrogens is 200 g/mol. The van der Waals surface area contributed by atoms with Crippen LogP contribution in [-0.2, 0) is 6.42 Å². The molecule has 86 valence electrons. The maximum Gasteiger partial charge on any atom is 0.314 e. The van der Waals surface area contributed by atoms with E-state index in [4.69, 9.17) is 5.73 Å². The Labute approximate surface area is 96.2 Å². The Morgan fingerprint density at radius 1 is 1.25 bits per heavy atom. The molecule has 2 amide bonds. The average Bonchev–Trinajstić information content (AvgIpc) is 2.31. The first-order chi connectivity index (χ1) is 7.75. The van der Waals surface area contributed by atoms with Crippen LogP contribution in [0.25, 0.3) is 0 Å². The summed E-state index contributed by atoms with van der Waals surface area (Å²) in [5.74, 6) is 0.693. The molecule has 2 rings (SSSR count). The van der Waals surface area contributed by atoms with E-state index in [0.717, 1.165) is 32.4 Å². The molecule has 0 bridgehead atoms. The zero-order valence-electron chi connectivity index (χ0n) is 9.43. The summed E-state index contributed by atoms with van der Waals surface area (Å²) in [6.45, 7) is 1.62. The SMILES string of the molecule is NC(=O)N1CCC(Cc2ccccc2)CC1. The molecule has 0 unspecified atom stereocenters. The number of likely N-dealkylation sites (tertiary alicyclic amines) is 1. The molecule has 1 aromatic rings. The van der Waals surface area contributed by atoms with E-state index in [-0.39, 0.29) is 6.03 Å². The first-order valence-electron chi connectivity index (χ1n) is 5.84. The lowest BCUT2D eigenvalue weighted by Gasteiger charge is -2.30. The Hall–Kier alpha value is -1.51. The van der Waals surface area contributed by atoms with Gasteiger partial charge in [0.1, 0.15) is 0 Å². The normalized spacial score (nSPS) is 17.4. The van der Waals surface area contributed by atoms with Crippen LogP contribution in [-0.4, -0.2) is 24.0 Å². The van der Waals surface area contributed by atoms with Gasteiger partial charge in [-0.3, -0.25) is 0 Å². The van der Waals surface area contributed by atoms with E-state index < -0.39 is 0 Å². The topological polar surface area (TPSA) is 46.3 Å². The van der Waals surface area contributed by atoms with E-state index in [1.54, 1.807) is 4.90 Å². The van der Waals surface area contributed by atoms with Gasteiger partial charge in [-0.1, -0.05) is 30.3 Å². The van der Waals surface area contributed by atoms with E-state index in [2.05, 4.69) is 24.3 Å². The first kappa shape index (κ1) is 11.0. The molecule has 1 heterocycles. The van der Waals surface area contributed by atoms with Crippen molar-refractivity contribution in [2.45, 2.75) is 19.3 Å². The number of rotatable bonds is 2. The standard InChI is InChI=1S/C13H18N2O/c14-13(16)15-8-6-12(7-9-15)10-11-4-2-1-3-5-11/h1-5,12H,6-10H2,(H2,14,16). The van der Waals surface area contributed by atoms with Crippen molar-refractivity contribution in [3.05, 3.63) is 35.9 Å². The minimum atomic E-state index is -0.279. The van der Waals surface area contributed by atoms with Gasteiger partial charge >= 0.3 is 6.03 Å². The number of benzene rings is 1. The highest BCUT2D eigenvalue weighted by Crippen LogP contribution is 2.21. The van der Waals surface area contributed by atoms with Crippen LogP contribution in [0.5, 0.6) is 0 Å². The minimum absolute atomic E-state index is 0.279. The molecule has 0 aromatic heterocycles. The van der Waals surface area contributed by atoms with Crippen molar-refractivity contribution in [2.75, 3.05) is 13.1 Å². The van der Waals surface area contributed by atoms with E-state index in [0.29, 0.717) is 5.92 Å². The Morgan fingerprint density at radius 2 is 1.88 bits per heavy atom. The predicted molar refractivity (Wildman–Crippen MR) is 64.0 cm³/mol.